The van der Waals surface area contributed by atoms with Crippen LogP contribution in [0.1, 0.15) is 131 Å². The van der Waals surface area contributed by atoms with Crippen molar-refractivity contribution < 1.29 is 19.1 Å². The lowest BCUT2D eigenvalue weighted by molar-refractivity contribution is -0.155. The molecular formula is C30H56O4. The Bertz CT molecular complexity index is 490. The highest BCUT2D eigenvalue weighted by Crippen LogP contribution is 2.31. The van der Waals surface area contributed by atoms with Crippen molar-refractivity contribution >= 4 is 11.9 Å². The smallest absolute Gasteiger partial charge is 0.308 e. The van der Waals surface area contributed by atoms with Crippen LogP contribution in [0.4, 0.5) is 0 Å². The number of hydrogen-bond acceptors (Lipinski definition) is 4. The molecule has 1 fully saturated rings. The van der Waals surface area contributed by atoms with Crippen LogP contribution in [0.3, 0.4) is 0 Å². The molecule has 0 spiro atoms. The number of ether oxygens (including phenoxy) is 2. The maximum atomic E-state index is 12.4. The molecule has 0 aromatic rings. The highest BCUT2D eigenvalue weighted by atomic mass is 16.5. The molecule has 0 radical (unpaired) electrons. The van der Waals surface area contributed by atoms with Gasteiger partial charge in [0, 0.05) is 0 Å². The number of esters is 2. The monoisotopic (exact) mass is 480 g/mol. The molecule has 0 aromatic heterocycles. The van der Waals surface area contributed by atoms with Gasteiger partial charge in [-0.1, -0.05) is 67.2 Å². The van der Waals surface area contributed by atoms with E-state index in [2.05, 4.69) is 41.5 Å². The van der Waals surface area contributed by atoms with Crippen molar-refractivity contribution in [3.63, 3.8) is 0 Å². The summed E-state index contributed by atoms with van der Waals surface area (Å²) in [5.74, 6) is 2.73. The zero-order valence-corrected chi connectivity index (χ0v) is 23.4. The molecule has 4 atom stereocenters. The van der Waals surface area contributed by atoms with Crippen molar-refractivity contribution in [1.82, 2.24) is 0 Å². The lowest BCUT2D eigenvalue weighted by Gasteiger charge is -2.26. The summed E-state index contributed by atoms with van der Waals surface area (Å²) in [7, 11) is 0. The molecule has 1 rings (SSSR count). The molecule has 34 heavy (non-hydrogen) atoms. The van der Waals surface area contributed by atoms with Crippen LogP contribution in [0.5, 0.6) is 0 Å². The molecule has 200 valence electrons. The van der Waals surface area contributed by atoms with E-state index in [0.717, 1.165) is 63.2 Å². The van der Waals surface area contributed by atoms with Gasteiger partial charge in [0.2, 0.25) is 0 Å². The van der Waals surface area contributed by atoms with E-state index in [1.807, 2.05) is 0 Å². The van der Waals surface area contributed by atoms with Crippen molar-refractivity contribution in [2.45, 2.75) is 131 Å². The Morgan fingerprint density at radius 3 is 1.26 bits per heavy atom. The zero-order chi connectivity index (χ0) is 25.3. The Morgan fingerprint density at radius 2 is 0.941 bits per heavy atom. The molecule has 0 aromatic carbocycles. The fourth-order valence-electron chi connectivity index (χ4n) is 5.84. The van der Waals surface area contributed by atoms with E-state index in [0.29, 0.717) is 25.0 Å². The first-order valence-corrected chi connectivity index (χ1v) is 14.6. The molecule has 1 aliphatic rings. The van der Waals surface area contributed by atoms with Gasteiger partial charge in [-0.05, 0) is 87.9 Å². The molecule has 0 saturated heterocycles. The van der Waals surface area contributed by atoms with E-state index in [1.54, 1.807) is 0 Å². The van der Waals surface area contributed by atoms with Crippen LogP contribution < -0.4 is 0 Å². The van der Waals surface area contributed by atoms with Crippen LogP contribution in [0.15, 0.2) is 0 Å². The molecular weight excluding hydrogens is 424 g/mol. The van der Waals surface area contributed by atoms with E-state index in [1.165, 1.54) is 38.5 Å². The number of rotatable bonds is 18. The molecule has 0 N–H and O–H groups in total. The summed E-state index contributed by atoms with van der Waals surface area (Å²) in [5, 5.41) is 0. The zero-order valence-electron chi connectivity index (χ0n) is 23.4. The van der Waals surface area contributed by atoms with Crippen LogP contribution in [-0.2, 0) is 19.1 Å². The molecule has 0 heterocycles. The topological polar surface area (TPSA) is 52.6 Å². The summed E-state index contributed by atoms with van der Waals surface area (Å²) in [5.41, 5.74) is 0. The summed E-state index contributed by atoms with van der Waals surface area (Å²) < 4.78 is 11.1. The average molecular weight is 481 g/mol. The second-order valence-electron chi connectivity index (χ2n) is 11.6. The van der Waals surface area contributed by atoms with Gasteiger partial charge in [0.25, 0.3) is 0 Å². The Morgan fingerprint density at radius 1 is 0.618 bits per heavy atom. The molecule has 0 bridgehead atoms. The highest BCUT2D eigenvalue weighted by Gasteiger charge is 2.31. The number of carbonyl (C=O) groups is 2. The minimum absolute atomic E-state index is 0.0444. The van der Waals surface area contributed by atoms with Crippen LogP contribution in [0.2, 0.25) is 0 Å². The van der Waals surface area contributed by atoms with Gasteiger partial charge in [0.1, 0.15) is 0 Å². The lowest BCUT2D eigenvalue weighted by Crippen LogP contribution is -2.28. The van der Waals surface area contributed by atoms with E-state index >= 15 is 0 Å². The second kappa shape index (κ2) is 18.2. The first kappa shape index (κ1) is 31.0. The Kier molecular flexibility index (Phi) is 16.6. The van der Waals surface area contributed by atoms with E-state index in [-0.39, 0.29) is 23.8 Å². The standard InChI is InChI=1S/C30H56O4/c1-7-11-23(3)21-25(5)13-9-19-33-29(31)27-15-17-28(18-16-27)30(32)34-20-10-14-26(6)22-24(4)12-8-2/h23-28H,7-22H2,1-6H3. The van der Waals surface area contributed by atoms with Gasteiger partial charge >= 0.3 is 11.9 Å². The molecule has 4 nitrogen and oxygen atoms in total. The molecule has 0 amide bonds. The second-order valence-corrected chi connectivity index (χ2v) is 11.6. The molecule has 1 aliphatic carbocycles. The Balaban J connectivity index is 2.13. The Hall–Kier alpha value is -1.06. The van der Waals surface area contributed by atoms with Crippen LogP contribution >= 0.6 is 0 Å². The van der Waals surface area contributed by atoms with Crippen LogP contribution in [-0.4, -0.2) is 25.2 Å². The predicted octanol–water partition coefficient (Wildman–Crippen LogP) is 8.36. The number of carbonyl (C=O) groups excluding carboxylic acids is 2. The Labute approximate surface area is 211 Å². The normalized spacial score (nSPS) is 21.9. The lowest BCUT2D eigenvalue weighted by atomic mass is 9.82. The summed E-state index contributed by atoms with van der Waals surface area (Å²) in [6.07, 6.45) is 14.8. The third-order valence-corrected chi connectivity index (χ3v) is 7.74. The largest absolute Gasteiger partial charge is 0.465 e. The third kappa shape index (κ3) is 13.7. The first-order chi connectivity index (χ1) is 16.3. The van der Waals surface area contributed by atoms with Crippen molar-refractivity contribution in [2.24, 2.45) is 35.5 Å². The molecule has 0 aliphatic heterocycles. The SMILES string of the molecule is CCCC(C)CC(C)CCCOC(=O)C1CCC(C(=O)OCCCC(C)CC(C)CCC)CC1. The summed E-state index contributed by atoms with van der Waals surface area (Å²) in [4.78, 5) is 24.9. The molecule has 1 saturated carbocycles. The van der Waals surface area contributed by atoms with Gasteiger partial charge in [-0.25, -0.2) is 0 Å². The van der Waals surface area contributed by atoms with Gasteiger partial charge in [-0.3, -0.25) is 9.59 Å². The number of hydrogen-bond donors (Lipinski definition) is 0. The summed E-state index contributed by atoms with van der Waals surface area (Å²) >= 11 is 0. The van der Waals surface area contributed by atoms with E-state index < -0.39 is 0 Å². The van der Waals surface area contributed by atoms with Crippen molar-refractivity contribution in [1.29, 1.82) is 0 Å². The van der Waals surface area contributed by atoms with Crippen molar-refractivity contribution in [2.75, 3.05) is 13.2 Å². The third-order valence-electron chi connectivity index (χ3n) is 7.74. The van der Waals surface area contributed by atoms with Crippen molar-refractivity contribution in [3.8, 4) is 0 Å². The van der Waals surface area contributed by atoms with Gasteiger partial charge < -0.3 is 9.47 Å². The average Bonchev–Trinajstić information content (AvgIpc) is 2.79. The first-order valence-electron chi connectivity index (χ1n) is 14.6. The predicted molar refractivity (Wildman–Crippen MR) is 142 cm³/mol. The summed E-state index contributed by atoms with van der Waals surface area (Å²) in [6, 6.07) is 0. The minimum atomic E-state index is -0.0647. The minimum Gasteiger partial charge on any atom is -0.465 e. The fourth-order valence-corrected chi connectivity index (χ4v) is 5.84. The van der Waals surface area contributed by atoms with Crippen LogP contribution in [0.25, 0.3) is 0 Å². The van der Waals surface area contributed by atoms with E-state index in [4.69, 9.17) is 9.47 Å². The molecule has 4 unspecified atom stereocenters. The maximum Gasteiger partial charge on any atom is 0.308 e. The fraction of sp³-hybridized carbons (Fsp3) is 0.933. The van der Waals surface area contributed by atoms with E-state index in [9.17, 15) is 9.59 Å². The van der Waals surface area contributed by atoms with Gasteiger partial charge in [0.15, 0.2) is 0 Å². The van der Waals surface area contributed by atoms with Gasteiger partial charge in [0.05, 0.1) is 25.0 Å². The highest BCUT2D eigenvalue weighted by molar-refractivity contribution is 5.75. The maximum absolute atomic E-state index is 12.4. The molecule has 4 heteroatoms. The van der Waals surface area contributed by atoms with Gasteiger partial charge in [-0.15, -0.1) is 0 Å². The quantitative estimate of drug-likeness (QED) is 0.146. The summed E-state index contributed by atoms with van der Waals surface area (Å²) in [6.45, 7) is 14.8. The van der Waals surface area contributed by atoms with Gasteiger partial charge in [-0.2, -0.15) is 0 Å². The van der Waals surface area contributed by atoms with Crippen LogP contribution in [0, 0.1) is 35.5 Å². The van der Waals surface area contributed by atoms with Crippen molar-refractivity contribution in [3.05, 3.63) is 0 Å².